The Balaban J connectivity index is 2.68. The summed E-state index contributed by atoms with van der Waals surface area (Å²) in [6.07, 6.45) is 0. The maximum Gasteiger partial charge on any atom is 0.251 e. The van der Waals surface area contributed by atoms with Crippen molar-refractivity contribution in [2.24, 2.45) is 0 Å². The zero-order valence-electron chi connectivity index (χ0n) is 11.0. The third kappa shape index (κ3) is 4.63. The number of carbonyl (C=O) groups is 2. The molecule has 2 amide bonds. The molecule has 2 N–H and O–H groups in total. The molecule has 0 aromatic heterocycles. The van der Waals surface area contributed by atoms with Gasteiger partial charge < -0.3 is 10.6 Å². The molecular weight excluding hydrogens is 315 g/mol. The largest absolute Gasteiger partial charge is 0.352 e. The molecule has 104 valence electrons. The van der Waals surface area contributed by atoms with Crippen LogP contribution in [0.1, 0.15) is 31.1 Å². The van der Waals surface area contributed by atoms with Crippen molar-refractivity contribution in [2.75, 3.05) is 0 Å². The SMILES string of the molecule is CC(C)NC(=O)C(C)NC(=O)c1ccc(F)c(Br)c1. The van der Waals surface area contributed by atoms with Gasteiger partial charge in [-0.1, -0.05) is 0 Å². The molecule has 0 fully saturated rings. The van der Waals surface area contributed by atoms with E-state index in [0.717, 1.165) is 0 Å². The minimum atomic E-state index is -0.654. The molecule has 0 spiro atoms. The molecule has 1 aromatic rings. The predicted octanol–water partition coefficient (Wildman–Crippen LogP) is 2.23. The fourth-order valence-electron chi connectivity index (χ4n) is 1.39. The van der Waals surface area contributed by atoms with Crippen molar-refractivity contribution in [1.82, 2.24) is 10.6 Å². The normalized spacial score (nSPS) is 12.1. The highest BCUT2D eigenvalue weighted by Crippen LogP contribution is 2.16. The number of hydrogen-bond donors (Lipinski definition) is 2. The van der Waals surface area contributed by atoms with Crippen LogP contribution in [0, 0.1) is 5.82 Å². The molecule has 0 radical (unpaired) electrons. The van der Waals surface area contributed by atoms with E-state index in [-0.39, 0.29) is 22.0 Å². The Morgan fingerprint density at radius 1 is 1.21 bits per heavy atom. The first kappa shape index (κ1) is 15.6. The van der Waals surface area contributed by atoms with Gasteiger partial charge >= 0.3 is 0 Å². The third-order valence-electron chi connectivity index (χ3n) is 2.35. The van der Waals surface area contributed by atoms with Crippen molar-refractivity contribution < 1.29 is 14.0 Å². The Labute approximate surface area is 119 Å². The Hall–Kier alpha value is -1.43. The van der Waals surface area contributed by atoms with Gasteiger partial charge in [-0.25, -0.2) is 4.39 Å². The van der Waals surface area contributed by atoms with E-state index in [0.29, 0.717) is 0 Å². The van der Waals surface area contributed by atoms with Crippen LogP contribution in [0.5, 0.6) is 0 Å². The molecule has 0 aliphatic carbocycles. The highest BCUT2D eigenvalue weighted by molar-refractivity contribution is 9.10. The number of amides is 2. The van der Waals surface area contributed by atoms with Gasteiger partial charge in [0, 0.05) is 11.6 Å². The molecule has 0 aliphatic rings. The summed E-state index contributed by atoms with van der Waals surface area (Å²) in [5.74, 6) is -1.13. The Morgan fingerprint density at radius 3 is 2.37 bits per heavy atom. The van der Waals surface area contributed by atoms with Crippen molar-refractivity contribution in [3.05, 3.63) is 34.1 Å². The summed E-state index contributed by atoms with van der Waals surface area (Å²) in [4.78, 5) is 23.5. The number of benzene rings is 1. The van der Waals surface area contributed by atoms with Gasteiger partial charge in [0.15, 0.2) is 0 Å². The van der Waals surface area contributed by atoms with Crippen LogP contribution in [-0.4, -0.2) is 23.9 Å². The standard InChI is InChI=1S/C13H16BrFN2O2/c1-7(2)16-12(18)8(3)17-13(19)9-4-5-11(15)10(14)6-9/h4-8H,1-3H3,(H,16,18)(H,17,19). The maximum atomic E-state index is 13.1. The van der Waals surface area contributed by atoms with Crippen LogP contribution in [0.2, 0.25) is 0 Å². The van der Waals surface area contributed by atoms with Gasteiger partial charge in [0.05, 0.1) is 4.47 Å². The first-order valence-electron chi connectivity index (χ1n) is 5.87. The molecular formula is C13H16BrFN2O2. The molecule has 0 saturated carbocycles. The lowest BCUT2D eigenvalue weighted by Crippen LogP contribution is -2.46. The van der Waals surface area contributed by atoms with Crippen LogP contribution in [0.3, 0.4) is 0 Å². The fraction of sp³-hybridized carbons (Fsp3) is 0.385. The lowest BCUT2D eigenvalue weighted by molar-refractivity contribution is -0.123. The van der Waals surface area contributed by atoms with Crippen LogP contribution in [0.15, 0.2) is 22.7 Å². The van der Waals surface area contributed by atoms with E-state index < -0.39 is 17.8 Å². The summed E-state index contributed by atoms with van der Waals surface area (Å²) in [6, 6.07) is 3.28. The molecule has 1 aromatic carbocycles. The highest BCUT2D eigenvalue weighted by atomic mass is 79.9. The zero-order chi connectivity index (χ0) is 14.6. The van der Waals surface area contributed by atoms with Gasteiger partial charge in [0.25, 0.3) is 5.91 Å². The lowest BCUT2D eigenvalue weighted by atomic mass is 10.2. The number of rotatable bonds is 4. The molecule has 1 rings (SSSR count). The van der Waals surface area contributed by atoms with E-state index in [4.69, 9.17) is 0 Å². The fourth-order valence-corrected chi connectivity index (χ4v) is 1.77. The van der Waals surface area contributed by atoms with Crippen LogP contribution in [-0.2, 0) is 4.79 Å². The van der Waals surface area contributed by atoms with Gasteiger partial charge in [-0.3, -0.25) is 9.59 Å². The molecule has 0 bridgehead atoms. The maximum absolute atomic E-state index is 13.1. The van der Waals surface area contributed by atoms with Gasteiger partial charge in [-0.05, 0) is 54.9 Å². The zero-order valence-corrected chi connectivity index (χ0v) is 12.5. The van der Waals surface area contributed by atoms with Gasteiger partial charge in [0.2, 0.25) is 5.91 Å². The van der Waals surface area contributed by atoms with Gasteiger partial charge in [-0.15, -0.1) is 0 Å². The smallest absolute Gasteiger partial charge is 0.251 e. The summed E-state index contributed by atoms with van der Waals surface area (Å²) in [6.45, 7) is 5.27. The first-order valence-corrected chi connectivity index (χ1v) is 6.67. The van der Waals surface area contributed by atoms with Gasteiger partial charge in [-0.2, -0.15) is 0 Å². The number of hydrogen-bond acceptors (Lipinski definition) is 2. The Morgan fingerprint density at radius 2 is 1.84 bits per heavy atom. The van der Waals surface area contributed by atoms with Crippen LogP contribution < -0.4 is 10.6 Å². The van der Waals surface area contributed by atoms with E-state index in [1.807, 2.05) is 13.8 Å². The summed E-state index contributed by atoms with van der Waals surface area (Å²) < 4.78 is 13.3. The minimum absolute atomic E-state index is 0.00631. The second kappa shape index (κ2) is 6.65. The first-order chi connectivity index (χ1) is 8.81. The number of nitrogens with one attached hydrogen (secondary N) is 2. The molecule has 6 heteroatoms. The molecule has 0 heterocycles. The average molecular weight is 331 g/mol. The third-order valence-corrected chi connectivity index (χ3v) is 2.96. The van der Waals surface area contributed by atoms with E-state index in [1.54, 1.807) is 6.92 Å². The molecule has 0 aliphatic heterocycles. The van der Waals surface area contributed by atoms with Crippen LogP contribution in [0.4, 0.5) is 4.39 Å². The average Bonchev–Trinajstić information content (AvgIpc) is 2.31. The lowest BCUT2D eigenvalue weighted by Gasteiger charge is -2.16. The summed E-state index contributed by atoms with van der Waals surface area (Å²) in [5.41, 5.74) is 0.289. The number of carbonyl (C=O) groups excluding carboxylic acids is 2. The van der Waals surface area contributed by atoms with Crippen molar-refractivity contribution in [1.29, 1.82) is 0 Å². The molecule has 4 nitrogen and oxygen atoms in total. The monoisotopic (exact) mass is 330 g/mol. The van der Waals surface area contributed by atoms with Crippen molar-refractivity contribution >= 4 is 27.7 Å². The Kier molecular flexibility index (Phi) is 5.47. The van der Waals surface area contributed by atoms with E-state index in [9.17, 15) is 14.0 Å². The predicted molar refractivity (Wildman–Crippen MR) is 74.3 cm³/mol. The highest BCUT2D eigenvalue weighted by Gasteiger charge is 2.17. The van der Waals surface area contributed by atoms with Crippen molar-refractivity contribution in [3.8, 4) is 0 Å². The minimum Gasteiger partial charge on any atom is -0.352 e. The van der Waals surface area contributed by atoms with Crippen molar-refractivity contribution in [3.63, 3.8) is 0 Å². The molecule has 0 saturated heterocycles. The van der Waals surface area contributed by atoms with Crippen molar-refractivity contribution in [2.45, 2.75) is 32.9 Å². The summed E-state index contributed by atoms with van der Waals surface area (Å²) in [7, 11) is 0. The summed E-state index contributed by atoms with van der Waals surface area (Å²) >= 11 is 3.01. The molecule has 1 unspecified atom stereocenters. The van der Waals surface area contributed by atoms with E-state index in [1.165, 1.54) is 18.2 Å². The Bertz CT molecular complexity index is 492. The second-order valence-corrected chi connectivity index (χ2v) is 5.34. The number of halogens is 2. The van der Waals surface area contributed by atoms with Crippen LogP contribution in [0.25, 0.3) is 0 Å². The van der Waals surface area contributed by atoms with Crippen LogP contribution >= 0.6 is 15.9 Å². The van der Waals surface area contributed by atoms with E-state index >= 15 is 0 Å². The molecule has 19 heavy (non-hydrogen) atoms. The van der Waals surface area contributed by atoms with Gasteiger partial charge in [0.1, 0.15) is 11.9 Å². The van der Waals surface area contributed by atoms with E-state index in [2.05, 4.69) is 26.6 Å². The summed E-state index contributed by atoms with van der Waals surface area (Å²) in [5, 5.41) is 5.25. The quantitative estimate of drug-likeness (QED) is 0.889. The topological polar surface area (TPSA) is 58.2 Å². The second-order valence-electron chi connectivity index (χ2n) is 4.49. The molecule has 1 atom stereocenters.